The van der Waals surface area contributed by atoms with Gasteiger partial charge in [0, 0.05) is 24.7 Å². The lowest BCUT2D eigenvalue weighted by Gasteiger charge is -2.34. The first-order valence-electron chi connectivity index (χ1n) is 14.0. The standard InChI is InChI=1S/C34H38N2O4/c1-34(2,3)40-33(38)35-19-18-30(27-14-9-13-26(21-27)25-11-6-5-7-12-25)31(23-35)32(37)36(28-16-17-28)22-24-10-8-15-29(20-24)39-4/h5-15,20-21,28H,16-19,22-23H2,1-4H3. The molecule has 0 unspecified atom stereocenters. The first-order valence-corrected chi connectivity index (χ1v) is 14.0. The Morgan fingerprint density at radius 2 is 1.60 bits per heavy atom. The van der Waals surface area contributed by atoms with E-state index in [1.54, 1.807) is 12.0 Å². The quantitative estimate of drug-likeness (QED) is 0.327. The van der Waals surface area contributed by atoms with Crippen molar-refractivity contribution in [3.8, 4) is 16.9 Å². The number of hydrogen-bond acceptors (Lipinski definition) is 4. The summed E-state index contributed by atoms with van der Waals surface area (Å²) in [5.41, 5.74) is 5.32. The predicted molar refractivity (Wildman–Crippen MR) is 158 cm³/mol. The summed E-state index contributed by atoms with van der Waals surface area (Å²) in [6, 6.07) is 26.7. The number of ether oxygens (including phenoxy) is 2. The molecular weight excluding hydrogens is 500 g/mol. The summed E-state index contributed by atoms with van der Waals surface area (Å²) in [7, 11) is 1.65. The average molecular weight is 539 g/mol. The van der Waals surface area contributed by atoms with Crippen molar-refractivity contribution in [2.24, 2.45) is 0 Å². The minimum atomic E-state index is -0.609. The van der Waals surface area contributed by atoms with Crippen LogP contribution < -0.4 is 4.74 Å². The maximum atomic E-state index is 14.4. The van der Waals surface area contributed by atoms with Crippen LogP contribution in [0.4, 0.5) is 4.79 Å². The molecule has 1 heterocycles. The van der Waals surface area contributed by atoms with Gasteiger partial charge >= 0.3 is 6.09 Å². The molecule has 6 nitrogen and oxygen atoms in total. The van der Waals surface area contributed by atoms with Gasteiger partial charge in [0.15, 0.2) is 0 Å². The summed E-state index contributed by atoms with van der Waals surface area (Å²) in [6.45, 7) is 6.80. The summed E-state index contributed by atoms with van der Waals surface area (Å²) in [5.74, 6) is 0.755. The minimum Gasteiger partial charge on any atom is -0.497 e. The molecule has 1 fully saturated rings. The van der Waals surface area contributed by atoms with Crippen LogP contribution in [0.3, 0.4) is 0 Å². The van der Waals surface area contributed by atoms with Gasteiger partial charge in [0.25, 0.3) is 5.91 Å². The molecule has 0 aromatic heterocycles. The molecule has 6 heteroatoms. The fourth-order valence-corrected chi connectivity index (χ4v) is 5.17. The summed E-state index contributed by atoms with van der Waals surface area (Å²) in [6.07, 6.45) is 2.16. The number of benzene rings is 3. The molecule has 0 radical (unpaired) electrons. The van der Waals surface area contributed by atoms with E-state index < -0.39 is 5.60 Å². The Morgan fingerprint density at radius 3 is 2.30 bits per heavy atom. The van der Waals surface area contributed by atoms with Gasteiger partial charge in [-0.3, -0.25) is 4.79 Å². The van der Waals surface area contributed by atoms with E-state index in [0.29, 0.717) is 25.1 Å². The van der Waals surface area contributed by atoms with Gasteiger partial charge in [0.1, 0.15) is 11.4 Å². The summed E-state index contributed by atoms with van der Waals surface area (Å²) >= 11 is 0. The maximum absolute atomic E-state index is 14.4. The van der Waals surface area contributed by atoms with Crippen molar-refractivity contribution >= 4 is 17.6 Å². The average Bonchev–Trinajstić information content (AvgIpc) is 3.80. The fraction of sp³-hybridized carbons (Fsp3) is 0.353. The van der Waals surface area contributed by atoms with Gasteiger partial charge in [-0.05, 0) is 86.1 Å². The van der Waals surface area contributed by atoms with Crippen molar-refractivity contribution < 1.29 is 19.1 Å². The van der Waals surface area contributed by atoms with Crippen LogP contribution in [0.2, 0.25) is 0 Å². The van der Waals surface area contributed by atoms with Gasteiger partial charge in [-0.2, -0.15) is 0 Å². The van der Waals surface area contributed by atoms with Crippen LogP contribution in [-0.2, 0) is 16.1 Å². The molecule has 5 rings (SSSR count). The number of amides is 2. The fourth-order valence-electron chi connectivity index (χ4n) is 5.17. The van der Waals surface area contributed by atoms with Crippen molar-refractivity contribution in [2.75, 3.05) is 20.2 Å². The highest BCUT2D eigenvalue weighted by atomic mass is 16.6. The first-order chi connectivity index (χ1) is 19.2. The van der Waals surface area contributed by atoms with Crippen molar-refractivity contribution in [1.82, 2.24) is 9.80 Å². The number of hydrogen-bond donors (Lipinski definition) is 0. The molecule has 40 heavy (non-hydrogen) atoms. The van der Waals surface area contributed by atoms with Crippen LogP contribution >= 0.6 is 0 Å². The highest BCUT2D eigenvalue weighted by molar-refractivity contribution is 6.03. The molecule has 2 aliphatic rings. The molecule has 208 valence electrons. The van der Waals surface area contributed by atoms with Crippen LogP contribution in [0.25, 0.3) is 16.7 Å². The highest BCUT2D eigenvalue weighted by Crippen LogP contribution is 2.36. The van der Waals surface area contributed by atoms with E-state index in [1.807, 2.05) is 74.2 Å². The Labute approximate surface area is 237 Å². The van der Waals surface area contributed by atoms with Gasteiger partial charge in [-0.15, -0.1) is 0 Å². The van der Waals surface area contributed by atoms with Crippen LogP contribution in [0.1, 0.15) is 51.2 Å². The van der Waals surface area contributed by atoms with Crippen LogP contribution in [-0.4, -0.2) is 53.6 Å². The normalized spacial score (nSPS) is 15.6. The Kier molecular flexibility index (Phi) is 7.97. The third-order valence-electron chi connectivity index (χ3n) is 7.31. The predicted octanol–water partition coefficient (Wildman–Crippen LogP) is 6.95. The minimum absolute atomic E-state index is 0.0151. The van der Waals surface area contributed by atoms with E-state index in [0.717, 1.165) is 46.4 Å². The third kappa shape index (κ3) is 6.56. The number of carbonyl (C=O) groups excluding carboxylic acids is 2. The summed E-state index contributed by atoms with van der Waals surface area (Å²) in [5, 5.41) is 0. The number of carbonyl (C=O) groups is 2. The zero-order valence-electron chi connectivity index (χ0n) is 23.9. The Balaban J connectivity index is 1.52. The molecule has 3 aromatic carbocycles. The second-order valence-electron chi connectivity index (χ2n) is 11.6. The van der Waals surface area contributed by atoms with E-state index in [9.17, 15) is 9.59 Å². The van der Waals surface area contributed by atoms with Crippen LogP contribution in [0.5, 0.6) is 5.75 Å². The van der Waals surface area contributed by atoms with E-state index in [-0.39, 0.29) is 24.6 Å². The molecule has 2 amide bonds. The molecule has 0 spiro atoms. The van der Waals surface area contributed by atoms with E-state index in [4.69, 9.17) is 9.47 Å². The number of rotatable bonds is 7. The lowest BCUT2D eigenvalue weighted by Crippen LogP contribution is -2.44. The van der Waals surface area contributed by atoms with Crippen molar-refractivity contribution in [2.45, 2.75) is 58.2 Å². The Hall–Kier alpha value is -4.06. The summed E-state index contributed by atoms with van der Waals surface area (Å²) < 4.78 is 11.1. The van der Waals surface area contributed by atoms with Crippen molar-refractivity contribution in [1.29, 1.82) is 0 Å². The molecule has 3 aromatic rings. The van der Waals surface area contributed by atoms with E-state index >= 15 is 0 Å². The molecule has 0 atom stereocenters. The zero-order valence-corrected chi connectivity index (χ0v) is 23.9. The maximum Gasteiger partial charge on any atom is 0.410 e. The van der Waals surface area contributed by atoms with Gasteiger partial charge in [0.2, 0.25) is 0 Å². The molecule has 1 saturated carbocycles. The smallest absolute Gasteiger partial charge is 0.410 e. The zero-order chi connectivity index (χ0) is 28.3. The Morgan fingerprint density at radius 1 is 0.900 bits per heavy atom. The van der Waals surface area contributed by atoms with Crippen LogP contribution in [0, 0.1) is 0 Å². The van der Waals surface area contributed by atoms with Gasteiger partial charge < -0.3 is 19.3 Å². The molecule has 0 saturated heterocycles. The number of nitrogens with zero attached hydrogens (tertiary/aromatic N) is 2. The molecule has 0 N–H and O–H groups in total. The van der Waals surface area contributed by atoms with Gasteiger partial charge in [-0.25, -0.2) is 4.79 Å². The van der Waals surface area contributed by atoms with Crippen LogP contribution in [0.15, 0.2) is 84.4 Å². The van der Waals surface area contributed by atoms with Crippen molar-refractivity contribution in [3.05, 3.63) is 95.6 Å². The topological polar surface area (TPSA) is 59.1 Å². The van der Waals surface area contributed by atoms with Gasteiger partial charge in [-0.1, -0.05) is 60.7 Å². The highest BCUT2D eigenvalue weighted by Gasteiger charge is 2.37. The van der Waals surface area contributed by atoms with E-state index in [2.05, 4.69) is 30.3 Å². The van der Waals surface area contributed by atoms with Gasteiger partial charge in [0.05, 0.1) is 13.7 Å². The number of methoxy groups -OCH3 is 1. The third-order valence-corrected chi connectivity index (χ3v) is 7.31. The largest absolute Gasteiger partial charge is 0.497 e. The SMILES string of the molecule is COc1cccc(CN(C(=O)C2=C(c3cccc(-c4ccccc4)c3)CCN(C(=O)OC(C)(C)C)C2)C2CC2)c1. The lowest BCUT2D eigenvalue weighted by molar-refractivity contribution is -0.128. The Bertz CT molecular complexity index is 1400. The lowest BCUT2D eigenvalue weighted by atomic mass is 9.90. The van der Waals surface area contributed by atoms with E-state index in [1.165, 1.54) is 0 Å². The van der Waals surface area contributed by atoms with Crippen molar-refractivity contribution in [3.63, 3.8) is 0 Å². The molecular formula is C34H38N2O4. The summed E-state index contributed by atoms with van der Waals surface area (Å²) in [4.78, 5) is 31.1. The monoisotopic (exact) mass is 538 g/mol. The second-order valence-corrected chi connectivity index (χ2v) is 11.6. The first kappa shape index (κ1) is 27.5. The molecule has 0 bridgehead atoms. The molecule has 1 aliphatic carbocycles. The second kappa shape index (κ2) is 11.6. The molecule has 1 aliphatic heterocycles.